The van der Waals surface area contributed by atoms with Gasteiger partial charge in [0.15, 0.2) is 9.84 Å². The van der Waals surface area contributed by atoms with Crippen molar-refractivity contribution < 1.29 is 18.0 Å². The Morgan fingerprint density at radius 1 is 0.825 bits per heavy atom. The van der Waals surface area contributed by atoms with Gasteiger partial charge in [-0.3, -0.25) is 9.59 Å². The summed E-state index contributed by atoms with van der Waals surface area (Å²) in [6, 6.07) is 28.4. The summed E-state index contributed by atoms with van der Waals surface area (Å²) in [6.45, 7) is 0. The quantitative estimate of drug-likeness (QED) is 0.274. The third kappa shape index (κ3) is 6.49. The molecule has 1 aliphatic rings. The molecule has 5 rings (SSSR count). The standard InChI is InChI=1S/C33H32N2O4S/c1-40(38,39)31-20-25(24-12-13-24)14-15-26(31)21-32(36)35-30-17-16-27(33(34)37)28(18-22-8-4-2-5-9-22)29(30)19-23-10-6-3-7-11-23/h2-11,14-17,20,24H,12-13,18-19,21H2,1H3,(H2,34,37)(H,35,36). The van der Waals surface area contributed by atoms with Crippen molar-refractivity contribution in [2.45, 2.75) is 42.9 Å². The summed E-state index contributed by atoms with van der Waals surface area (Å²) in [5, 5.41) is 3.01. The van der Waals surface area contributed by atoms with Gasteiger partial charge in [0.25, 0.3) is 0 Å². The van der Waals surface area contributed by atoms with Crippen molar-refractivity contribution in [2.24, 2.45) is 5.73 Å². The Kier molecular flexibility index (Phi) is 7.85. The van der Waals surface area contributed by atoms with E-state index in [1.54, 1.807) is 24.3 Å². The molecule has 0 unspecified atom stereocenters. The van der Waals surface area contributed by atoms with Gasteiger partial charge in [0.2, 0.25) is 11.8 Å². The van der Waals surface area contributed by atoms with Crippen molar-refractivity contribution >= 4 is 27.3 Å². The zero-order chi connectivity index (χ0) is 28.3. The summed E-state index contributed by atoms with van der Waals surface area (Å²) in [5.74, 6) is -0.474. The molecule has 0 heterocycles. The van der Waals surface area contributed by atoms with Gasteiger partial charge in [-0.1, -0.05) is 72.8 Å². The molecular weight excluding hydrogens is 520 g/mol. The lowest BCUT2D eigenvalue weighted by Gasteiger charge is -2.19. The number of hydrogen-bond donors (Lipinski definition) is 2. The van der Waals surface area contributed by atoms with Crippen molar-refractivity contribution in [3.8, 4) is 0 Å². The number of benzene rings is 4. The van der Waals surface area contributed by atoms with Gasteiger partial charge in [-0.15, -0.1) is 0 Å². The van der Waals surface area contributed by atoms with Crippen LogP contribution < -0.4 is 11.1 Å². The second kappa shape index (κ2) is 11.5. The number of carbonyl (C=O) groups is 2. The van der Waals surface area contributed by atoms with Crippen LogP contribution in [0.2, 0.25) is 0 Å². The van der Waals surface area contributed by atoms with Crippen LogP contribution in [0.25, 0.3) is 0 Å². The molecule has 0 atom stereocenters. The number of primary amides is 1. The van der Waals surface area contributed by atoms with Crippen LogP contribution >= 0.6 is 0 Å². The molecule has 1 saturated carbocycles. The van der Waals surface area contributed by atoms with Crippen molar-refractivity contribution in [1.82, 2.24) is 0 Å². The summed E-state index contributed by atoms with van der Waals surface area (Å²) in [6.07, 6.45) is 4.14. The minimum Gasteiger partial charge on any atom is -0.366 e. The zero-order valence-electron chi connectivity index (χ0n) is 22.4. The van der Waals surface area contributed by atoms with Crippen LogP contribution in [0, 0.1) is 0 Å². The summed E-state index contributed by atoms with van der Waals surface area (Å²) in [4.78, 5) is 26.1. The van der Waals surface area contributed by atoms with Crippen LogP contribution in [0.3, 0.4) is 0 Å². The summed E-state index contributed by atoms with van der Waals surface area (Å²) >= 11 is 0. The van der Waals surface area contributed by atoms with E-state index in [2.05, 4.69) is 5.32 Å². The highest BCUT2D eigenvalue weighted by molar-refractivity contribution is 7.90. The topological polar surface area (TPSA) is 106 Å². The highest BCUT2D eigenvalue weighted by Crippen LogP contribution is 2.41. The molecule has 0 radical (unpaired) electrons. The lowest BCUT2D eigenvalue weighted by Crippen LogP contribution is -2.20. The molecule has 7 heteroatoms. The summed E-state index contributed by atoms with van der Waals surface area (Å²) < 4.78 is 25.2. The summed E-state index contributed by atoms with van der Waals surface area (Å²) in [5.41, 5.74) is 11.8. The van der Waals surface area contributed by atoms with Gasteiger partial charge in [-0.2, -0.15) is 0 Å². The first-order chi connectivity index (χ1) is 19.2. The minimum atomic E-state index is -3.52. The van der Waals surface area contributed by atoms with E-state index in [1.165, 1.54) is 6.26 Å². The third-order valence-corrected chi connectivity index (χ3v) is 8.49. The van der Waals surface area contributed by atoms with E-state index in [9.17, 15) is 18.0 Å². The molecule has 1 fully saturated rings. The molecule has 0 saturated heterocycles. The van der Waals surface area contributed by atoms with Gasteiger partial charge >= 0.3 is 0 Å². The normalized spacial score (nSPS) is 13.1. The Balaban J connectivity index is 1.52. The van der Waals surface area contributed by atoms with Gasteiger partial charge in [-0.25, -0.2) is 8.42 Å². The van der Waals surface area contributed by atoms with Gasteiger partial charge in [0.05, 0.1) is 11.3 Å². The van der Waals surface area contributed by atoms with E-state index in [-0.39, 0.29) is 17.2 Å². The first-order valence-electron chi connectivity index (χ1n) is 13.3. The zero-order valence-corrected chi connectivity index (χ0v) is 23.2. The number of nitrogens with two attached hydrogens (primary N) is 1. The van der Waals surface area contributed by atoms with Gasteiger partial charge in [0.1, 0.15) is 0 Å². The maximum absolute atomic E-state index is 13.4. The first kappa shape index (κ1) is 27.3. The molecule has 0 spiro atoms. The molecule has 1 aliphatic carbocycles. The van der Waals surface area contributed by atoms with Crippen molar-refractivity contribution in [2.75, 3.05) is 11.6 Å². The van der Waals surface area contributed by atoms with Gasteiger partial charge in [-0.05, 0) is 83.2 Å². The lowest BCUT2D eigenvalue weighted by atomic mass is 9.89. The predicted octanol–water partition coefficient (Wildman–Crippen LogP) is 5.43. The number of rotatable bonds is 10. The highest BCUT2D eigenvalue weighted by atomic mass is 32.2. The Labute approximate surface area is 235 Å². The second-order valence-electron chi connectivity index (χ2n) is 10.4. The molecule has 4 aromatic rings. The molecule has 4 aromatic carbocycles. The third-order valence-electron chi connectivity index (χ3n) is 7.31. The van der Waals surface area contributed by atoms with E-state index in [1.807, 2.05) is 66.7 Å². The largest absolute Gasteiger partial charge is 0.366 e. The molecular formula is C33H32N2O4S. The van der Waals surface area contributed by atoms with Crippen molar-refractivity contribution in [3.63, 3.8) is 0 Å². The van der Waals surface area contributed by atoms with Crippen LogP contribution in [0.1, 0.15) is 62.5 Å². The van der Waals surface area contributed by atoms with Gasteiger partial charge in [0, 0.05) is 17.5 Å². The van der Waals surface area contributed by atoms with Gasteiger partial charge < -0.3 is 11.1 Å². The average Bonchev–Trinajstić information content (AvgIpc) is 3.77. The fourth-order valence-electron chi connectivity index (χ4n) is 5.15. The SMILES string of the molecule is CS(=O)(=O)c1cc(C2CC2)ccc1CC(=O)Nc1ccc(C(N)=O)c(Cc2ccccc2)c1Cc1ccccc1. The Bertz CT molecular complexity index is 1660. The maximum Gasteiger partial charge on any atom is 0.249 e. The molecule has 2 amide bonds. The summed E-state index contributed by atoms with van der Waals surface area (Å²) in [7, 11) is -3.52. The first-order valence-corrected chi connectivity index (χ1v) is 15.2. The number of sulfone groups is 1. The van der Waals surface area contributed by atoms with E-state index in [0.29, 0.717) is 35.6 Å². The smallest absolute Gasteiger partial charge is 0.249 e. The van der Waals surface area contributed by atoms with Crippen LogP contribution in [0.5, 0.6) is 0 Å². The fourth-order valence-corrected chi connectivity index (χ4v) is 6.11. The molecule has 0 aliphatic heterocycles. The van der Waals surface area contributed by atoms with Crippen LogP contribution in [-0.4, -0.2) is 26.5 Å². The van der Waals surface area contributed by atoms with E-state index >= 15 is 0 Å². The van der Waals surface area contributed by atoms with Crippen molar-refractivity contribution in [1.29, 1.82) is 0 Å². The number of anilines is 1. The second-order valence-corrected chi connectivity index (χ2v) is 12.4. The number of carbonyl (C=O) groups excluding carboxylic acids is 2. The highest BCUT2D eigenvalue weighted by Gasteiger charge is 2.26. The van der Waals surface area contributed by atoms with E-state index < -0.39 is 15.7 Å². The maximum atomic E-state index is 13.4. The Morgan fingerprint density at radius 3 is 1.98 bits per heavy atom. The average molecular weight is 553 g/mol. The van der Waals surface area contributed by atoms with Crippen LogP contribution in [-0.2, 0) is 33.9 Å². The van der Waals surface area contributed by atoms with E-state index in [0.717, 1.165) is 40.7 Å². The van der Waals surface area contributed by atoms with Crippen LogP contribution in [0.4, 0.5) is 5.69 Å². The Morgan fingerprint density at radius 2 is 1.43 bits per heavy atom. The molecule has 0 bridgehead atoms. The minimum absolute atomic E-state index is 0.0935. The van der Waals surface area contributed by atoms with E-state index in [4.69, 9.17) is 5.73 Å². The molecule has 6 nitrogen and oxygen atoms in total. The van der Waals surface area contributed by atoms with Crippen LogP contribution in [0.15, 0.2) is 95.9 Å². The Hall–Kier alpha value is -4.23. The fraction of sp³-hybridized carbons (Fsp3) is 0.212. The molecule has 0 aromatic heterocycles. The number of hydrogen-bond acceptors (Lipinski definition) is 4. The number of nitrogens with one attached hydrogen (secondary N) is 1. The molecule has 40 heavy (non-hydrogen) atoms. The number of amides is 2. The van der Waals surface area contributed by atoms with Crippen molar-refractivity contribution in [3.05, 3.63) is 130 Å². The predicted molar refractivity (Wildman–Crippen MR) is 157 cm³/mol. The monoisotopic (exact) mass is 552 g/mol. The lowest BCUT2D eigenvalue weighted by molar-refractivity contribution is -0.115. The molecule has 204 valence electrons. The molecule has 3 N–H and O–H groups in total.